The highest BCUT2D eigenvalue weighted by Crippen LogP contribution is 2.13. The first-order valence-electron chi connectivity index (χ1n) is 8.68. The maximum absolute atomic E-state index is 12.1. The van der Waals surface area contributed by atoms with E-state index in [4.69, 9.17) is 4.74 Å². The van der Waals surface area contributed by atoms with Crippen LogP contribution in [-0.4, -0.2) is 31.9 Å². The van der Waals surface area contributed by atoms with Gasteiger partial charge in [-0.25, -0.2) is 19.4 Å². The Bertz CT molecular complexity index is 862. The summed E-state index contributed by atoms with van der Waals surface area (Å²) in [5, 5.41) is 9.75. The Kier molecular flexibility index (Phi) is 5.98. The van der Waals surface area contributed by atoms with Gasteiger partial charge in [-0.3, -0.25) is 0 Å². The quantitative estimate of drug-likeness (QED) is 0.670. The standard InChI is InChI=1S/C19H22N6O2/c1-14(2)27-17-7-5-15(6-8-17)10-22-19(26)23-11-16-4-3-9-21-18(16)25-13-20-12-24-25/h3-9,12-14H,10-11H2,1-2H3,(H2,22,23,26). The zero-order valence-corrected chi connectivity index (χ0v) is 15.3. The second kappa shape index (κ2) is 8.79. The van der Waals surface area contributed by atoms with Gasteiger partial charge in [0.1, 0.15) is 18.4 Å². The van der Waals surface area contributed by atoms with Crippen molar-refractivity contribution in [1.82, 2.24) is 30.4 Å². The fraction of sp³-hybridized carbons (Fsp3) is 0.263. The van der Waals surface area contributed by atoms with E-state index in [0.29, 0.717) is 18.9 Å². The maximum Gasteiger partial charge on any atom is 0.315 e. The Morgan fingerprint density at radius 2 is 1.93 bits per heavy atom. The van der Waals surface area contributed by atoms with Gasteiger partial charge >= 0.3 is 6.03 Å². The van der Waals surface area contributed by atoms with Crippen LogP contribution in [-0.2, 0) is 13.1 Å². The van der Waals surface area contributed by atoms with Crippen molar-refractivity contribution in [2.45, 2.75) is 33.0 Å². The number of carbonyl (C=O) groups is 1. The topological polar surface area (TPSA) is 94.0 Å². The van der Waals surface area contributed by atoms with Gasteiger partial charge in [-0.1, -0.05) is 18.2 Å². The molecular weight excluding hydrogens is 344 g/mol. The van der Waals surface area contributed by atoms with E-state index in [9.17, 15) is 4.79 Å². The largest absolute Gasteiger partial charge is 0.491 e. The Hall–Kier alpha value is -3.42. The second-order valence-corrected chi connectivity index (χ2v) is 6.17. The smallest absolute Gasteiger partial charge is 0.315 e. The van der Waals surface area contributed by atoms with Crippen molar-refractivity contribution >= 4 is 6.03 Å². The van der Waals surface area contributed by atoms with E-state index < -0.39 is 0 Å². The molecule has 0 atom stereocenters. The van der Waals surface area contributed by atoms with Crippen LogP contribution in [0.3, 0.4) is 0 Å². The zero-order valence-electron chi connectivity index (χ0n) is 15.3. The summed E-state index contributed by atoms with van der Waals surface area (Å²) in [6, 6.07) is 11.1. The van der Waals surface area contributed by atoms with E-state index in [1.54, 1.807) is 17.2 Å². The number of benzene rings is 1. The number of hydrogen-bond donors (Lipinski definition) is 2. The molecule has 0 bridgehead atoms. The first-order chi connectivity index (χ1) is 13.1. The molecule has 0 saturated carbocycles. The number of carbonyl (C=O) groups excluding carboxylic acids is 1. The van der Waals surface area contributed by atoms with Crippen LogP contribution in [0.1, 0.15) is 25.0 Å². The van der Waals surface area contributed by atoms with Gasteiger partial charge in [0.15, 0.2) is 5.82 Å². The third-order valence-corrected chi connectivity index (χ3v) is 3.69. The molecule has 27 heavy (non-hydrogen) atoms. The molecule has 0 saturated heterocycles. The van der Waals surface area contributed by atoms with Gasteiger partial charge < -0.3 is 15.4 Å². The van der Waals surface area contributed by atoms with E-state index >= 15 is 0 Å². The molecule has 3 rings (SSSR count). The molecule has 0 aliphatic carbocycles. The van der Waals surface area contributed by atoms with Gasteiger partial charge in [0.05, 0.1) is 6.10 Å². The molecule has 2 N–H and O–H groups in total. The highest BCUT2D eigenvalue weighted by atomic mass is 16.5. The summed E-state index contributed by atoms with van der Waals surface area (Å²) in [5.41, 5.74) is 1.83. The maximum atomic E-state index is 12.1. The van der Waals surface area contributed by atoms with Crippen LogP contribution in [0.2, 0.25) is 0 Å². The highest BCUT2D eigenvalue weighted by molar-refractivity contribution is 5.73. The third kappa shape index (κ3) is 5.27. The monoisotopic (exact) mass is 366 g/mol. The van der Waals surface area contributed by atoms with Crippen LogP contribution >= 0.6 is 0 Å². The van der Waals surface area contributed by atoms with Crippen LogP contribution in [0.4, 0.5) is 4.79 Å². The summed E-state index contributed by atoms with van der Waals surface area (Å²) in [7, 11) is 0. The van der Waals surface area contributed by atoms with Crippen LogP contribution in [0.15, 0.2) is 55.2 Å². The molecule has 140 valence electrons. The molecule has 0 aliphatic rings. The number of urea groups is 1. The average molecular weight is 366 g/mol. The summed E-state index contributed by atoms with van der Waals surface area (Å²) in [6.45, 7) is 4.72. The minimum atomic E-state index is -0.258. The molecule has 2 aromatic heterocycles. The number of ether oxygens (including phenoxy) is 1. The highest BCUT2D eigenvalue weighted by Gasteiger charge is 2.08. The number of rotatable bonds is 7. The van der Waals surface area contributed by atoms with E-state index in [0.717, 1.165) is 16.9 Å². The predicted octanol–water partition coefficient (Wildman–Crippen LogP) is 2.45. The summed E-state index contributed by atoms with van der Waals surface area (Å²) >= 11 is 0. The Morgan fingerprint density at radius 3 is 2.63 bits per heavy atom. The van der Waals surface area contributed by atoms with Crippen molar-refractivity contribution in [2.24, 2.45) is 0 Å². The summed E-state index contributed by atoms with van der Waals surface area (Å²) in [6.07, 6.45) is 4.82. The van der Waals surface area contributed by atoms with E-state index in [2.05, 4.69) is 25.7 Å². The molecule has 2 heterocycles. The zero-order chi connectivity index (χ0) is 19.1. The molecule has 0 fully saturated rings. The normalized spacial score (nSPS) is 10.6. The molecular formula is C19H22N6O2. The third-order valence-electron chi connectivity index (χ3n) is 3.69. The van der Waals surface area contributed by atoms with Crippen LogP contribution < -0.4 is 15.4 Å². The molecule has 0 spiro atoms. The Balaban J connectivity index is 1.51. The van der Waals surface area contributed by atoms with Crippen LogP contribution in [0, 0.1) is 0 Å². The van der Waals surface area contributed by atoms with Gasteiger partial charge in [-0.15, -0.1) is 0 Å². The first-order valence-corrected chi connectivity index (χ1v) is 8.68. The fourth-order valence-electron chi connectivity index (χ4n) is 2.47. The lowest BCUT2D eigenvalue weighted by Gasteiger charge is -2.12. The average Bonchev–Trinajstić information content (AvgIpc) is 3.20. The summed E-state index contributed by atoms with van der Waals surface area (Å²) in [5.74, 6) is 1.45. The second-order valence-electron chi connectivity index (χ2n) is 6.17. The first kappa shape index (κ1) is 18.4. The van der Waals surface area contributed by atoms with Crippen LogP contribution in [0.5, 0.6) is 5.75 Å². The summed E-state index contributed by atoms with van der Waals surface area (Å²) in [4.78, 5) is 20.3. The number of nitrogens with zero attached hydrogens (tertiary/aromatic N) is 4. The molecule has 2 amide bonds. The van der Waals surface area contributed by atoms with Gasteiger partial charge in [0.25, 0.3) is 0 Å². The molecule has 1 aromatic carbocycles. The number of hydrogen-bond acceptors (Lipinski definition) is 5. The van der Waals surface area contributed by atoms with Gasteiger partial charge in [-0.2, -0.15) is 5.10 Å². The predicted molar refractivity (Wildman–Crippen MR) is 100 cm³/mol. The van der Waals surface area contributed by atoms with E-state index in [1.807, 2.05) is 50.2 Å². The minimum Gasteiger partial charge on any atom is -0.491 e. The van der Waals surface area contributed by atoms with Crippen molar-refractivity contribution in [3.8, 4) is 11.6 Å². The molecule has 3 aromatic rings. The van der Waals surface area contributed by atoms with Crippen molar-refractivity contribution in [3.05, 3.63) is 66.4 Å². The number of pyridine rings is 1. The molecule has 0 radical (unpaired) electrons. The van der Waals surface area contributed by atoms with Crippen molar-refractivity contribution in [3.63, 3.8) is 0 Å². The fourth-order valence-corrected chi connectivity index (χ4v) is 2.47. The lowest BCUT2D eigenvalue weighted by Crippen LogP contribution is -2.34. The molecule has 8 nitrogen and oxygen atoms in total. The molecule has 0 aliphatic heterocycles. The molecule has 0 unspecified atom stereocenters. The van der Waals surface area contributed by atoms with Gasteiger partial charge in [-0.05, 0) is 37.6 Å². The van der Waals surface area contributed by atoms with Gasteiger partial charge in [0, 0.05) is 24.8 Å². The van der Waals surface area contributed by atoms with E-state index in [1.165, 1.54) is 6.33 Å². The number of aromatic nitrogens is 4. The molecule has 8 heteroatoms. The SMILES string of the molecule is CC(C)Oc1ccc(CNC(=O)NCc2cccnc2-n2cncn2)cc1. The van der Waals surface area contributed by atoms with Crippen molar-refractivity contribution < 1.29 is 9.53 Å². The number of nitrogens with one attached hydrogen (secondary N) is 2. The van der Waals surface area contributed by atoms with Crippen molar-refractivity contribution in [1.29, 1.82) is 0 Å². The van der Waals surface area contributed by atoms with Crippen LogP contribution in [0.25, 0.3) is 5.82 Å². The Labute approximate surface area is 157 Å². The lowest BCUT2D eigenvalue weighted by molar-refractivity contribution is 0.240. The lowest BCUT2D eigenvalue weighted by atomic mass is 10.2. The van der Waals surface area contributed by atoms with Gasteiger partial charge in [0.2, 0.25) is 0 Å². The Morgan fingerprint density at radius 1 is 1.15 bits per heavy atom. The summed E-state index contributed by atoms with van der Waals surface area (Å²) < 4.78 is 7.17. The van der Waals surface area contributed by atoms with Crippen molar-refractivity contribution in [2.75, 3.05) is 0 Å². The minimum absolute atomic E-state index is 0.134. The van der Waals surface area contributed by atoms with E-state index in [-0.39, 0.29) is 12.1 Å². The number of amides is 2.